The zero-order valence-electron chi connectivity index (χ0n) is 24.6. The fourth-order valence-electron chi connectivity index (χ4n) is 5.04. The van der Waals surface area contributed by atoms with E-state index in [0.717, 1.165) is 29.3 Å². The fraction of sp³-hybridized carbons (Fsp3) is 0.484. The minimum absolute atomic E-state index is 0.00431. The van der Waals surface area contributed by atoms with Crippen LogP contribution in [0.3, 0.4) is 0 Å². The van der Waals surface area contributed by atoms with Crippen molar-refractivity contribution in [2.45, 2.75) is 69.0 Å². The van der Waals surface area contributed by atoms with Crippen molar-refractivity contribution in [3.63, 3.8) is 0 Å². The average Bonchev–Trinajstić information content (AvgIpc) is 3.68. The summed E-state index contributed by atoms with van der Waals surface area (Å²) in [7, 11) is -4.20. The molecule has 4 rings (SSSR count). The highest BCUT2D eigenvalue weighted by atomic mass is 32.2. The Hall–Kier alpha value is -3.63. The highest BCUT2D eigenvalue weighted by Gasteiger charge is 2.43. The maximum Gasteiger partial charge on any atom is 0.248 e. The number of aliphatic hydroxyl groups is 1. The van der Waals surface area contributed by atoms with Gasteiger partial charge in [-0.2, -0.15) is 4.31 Å². The number of carbonyl (C=O) groups excluding carboxylic acids is 2. The minimum Gasteiger partial charge on any atom is -0.454 e. The monoisotopic (exact) mass is 612 g/mol. The lowest BCUT2D eigenvalue weighted by atomic mass is 9.98. The molecule has 2 heterocycles. The summed E-state index contributed by atoms with van der Waals surface area (Å²) < 4.78 is 40.0. The smallest absolute Gasteiger partial charge is 0.248 e. The van der Waals surface area contributed by atoms with Gasteiger partial charge in [0, 0.05) is 50.9 Å². The zero-order chi connectivity index (χ0) is 30.9. The van der Waals surface area contributed by atoms with Gasteiger partial charge in [-0.25, -0.2) is 8.42 Å². The van der Waals surface area contributed by atoms with Gasteiger partial charge in [-0.3, -0.25) is 14.9 Å². The lowest BCUT2D eigenvalue weighted by Gasteiger charge is -2.40. The number of amides is 2. The molecule has 2 aromatic rings. The van der Waals surface area contributed by atoms with Gasteiger partial charge < -0.3 is 25.2 Å². The van der Waals surface area contributed by atoms with E-state index in [-0.39, 0.29) is 74.2 Å². The Kier molecular flexibility index (Phi) is 11.0. The van der Waals surface area contributed by atoms with E-state index in [4.69, 9.17) is 9.47 Å². The van der Waals surface area contributed by atoms with E-state index in [1.54, 1.807) is 6.07 Å². The van der Waals surface area contributed by atoms with Crippen molar-refractivity contribution in [1.82, 2.24) is 20.3 Å². The Morgan fingerprint density at radius 3 is 2.65 bits per heavy atom. The summed E-state index contributed by atoms with van der Waals surface area (Å²) in [5.74, 6) is 2.98. The lowest BCUT2D eigenvalue weighted by molar-refractivity contribution is -0.122. The van der Waals surface area contributed by atoms with Gasteiger partial charge in [0.15, 0.2) is 11.5 Å². The van der Waals surface area contributed by atoms with E-state index in [0.29, 0.717) is 11.5 Å². The average molecular weight is 613 g/mol. The number of fused-ring (bicyclic) bond motifs is 1. The summed E-state index contributed by atoms with van der Waals surface area (Å²) in [6.07, 6.45) is 2.01. The Bertz CT molecular complexity index is 1430. The largest absolute Gasteiger partial charge is 0.454 e. The number of nitrogens with one attached hydrogen (secondary N) is 3. The summed E-state index contributed by atoms with van der Waals surface area (Å²) in [6, 6.07) is 15.9. The van der Waals surface area contributed by atoms with Gasteiger partial charge in [-0.1, -0.05) is 50.1 Å². The van der Waals surface area contributed by atoms with Crippen molar-refractivity contribution in [3.05, 3.63) is 54.1 Å². The molecule has 0 aromatic heterocycles. The van der Waals surface area contributed by atoms with Crippen LogP contribution in [0.15, 0.2) is 53.4 Å². The Morgan fingerprint density at radius 2 is 1.93 bits per heavy atom. The van der Waals surface area contributed by atoms with Crippen LogP contribution < -0.4 is 25.4 Å². The van der Waals surface area contributed by atoms with E-state index < -0.39 is 15.7 Å². The molecule has 0 saturated carbocycles. The lowest BCUT2D eigenvalue weighted by Crippen LogP contribution is -2.55. The molecule has 4 N–H and O–H groups in total. The molecule has 0 spiro atoms. The molecule has 43 heavy (non-hydrogen) atoms. The molecule has 2 aliphatic heterocycles. The van der Waals surface area contributed by atoms with Crippen LogP contribution in [0.25, 0.3) is 0 Å². The number of ether oxygens (including phenoxy) is 2. The van der Waals surface area contributed by atoms with E-state index in [9.17, 15) is 23.1 Å². The van der Waals surface area contributed by atoms with Crippen molar-refractivity contribution < 1.29 is 32.6 Å². The van der Waals surface area contributed by atoms with Gasteiger partial charge in [0.2, 0.25) is 28.6 Å². The van der Waals surface area contributed by atoms with E-state index in [2.05, 4.69) is 27.9 Å². The van der Waals surface area contributed by atoms with Crippen LogP contribution in [-0.2, 0) is 26.0 Å². The molecular weight excluding hydrogens is 572 g/mol. The maximum absolute atomic E-state index is 14.1. The van der Waals surface area contributed by atoms with Gasteiger partial charge in [0.1, 0.15) is 5.72 Å². The summed E-state index contributed by atoms with van der Waals surface area (Å²) in [5, 5.41) is 20.6. The van der Waals surface area contributed by atoms with E-state index in [1.165, 1.54) is 12.1 Å². The fourth-order valence-corrected chi connectivity index (χ4v) is 6.89. The van der Waals surface area contributed by atoms with Gasteiger partial charge in [-0.05, 0) is 43.0 Å². The predicted molar refractivity (Wildman–Crippen MR) is 160 cm³/mol. The van der Waals surface area contributed by atoms with Crippen LogP contribution in [0.5, 0.6) is 11.5 Å². The summed E-state index contributed by atoms with van der Waals surface area (Å²) in [6.45, 7) is 4.65. The van der Waals surface area contributed by atoms with Gasteiger partial charge in [0.05, 0.1) is 10.9 Å². The molecule has 11 nitrogen and oxygen atoms in total. The second-order valence-electron chi connectivity index (χ2n) is 11.1. The molecule has 2 aliphatic rings. The molecule has 1 fully saturated rings. The topological polar surface area (TPSA) is 146 Å². The van der Waals surface area contributed by atoms with Gasteiger partial charge >= 0.3 is 0 Å². The van der Waals surface area contributed by atoms with Crippen LogP contribution in [0.2, 0.25) is 0 Å². The van der Waals surface area contributed by atoms with Gasteiger partial charge in [-0.15, -0.1) is 0 Å². The van der Waals surface area contributed by atoms with Crippen LogP contribution >= 0.6 is 0 Å². The van der Waals surface area contributed by atoms with Crippen molar-refractivity contribution in [1.29, 1.82) is 0 Å². The minimum atomic E-state index is -4.20. The van der Waals surface area contributed by atoms with E-state index in [1.807, 2.05) is 44.2 Å². The predicted octanol–water partition coefficient (Wildman–Crippen LogP) is 2.11. The number of sulfonamides is 1. The molecule has 0 bridgehead atoms. The number of benzene rings is 2. The molecule has 2 amide bonds. The molecule has 2 atom stereocenters. The zero-order valence-corrected chi connectivity index (χ0v) is 25.4. The summed E-state index contributed by atoms with van der Waals surface area (Å²) in [4.78, 5) is 24.5. The second kappa shape index (κ2) is 14.7. The summed E-state index contributed by atoms with van der Waals surface area (Å²) in [5.41, 5.74) is -1.11. The Balaban J connectivity index is 1.45. The number of hydrogen-bond donors (Lipinski definition) is 4. The molecule has 0 radical (unpaired) electrons. The second-order valence-corrected chi connectivity index (χ2v) is 13.0. The Labute approximate surface area is 253 Å². The van der Waals surface area contributed by atoms with Crippen molar-refractivity contribution in [2.24, 2.45) is 5.92 Å². The quantitative estimate of drug-likeness (QED) is 0.153. The molecular formula is C31H40N4O7S. The van der Waals surface area contributed by atoms with Crippen molar-refractivity contribution in [2.75, 3.05) is 26.4 Å². The molecule has 0 aliphatic carbocycles. The first-order valence-corrected chi connectivity index (χ1v) is 16.0. The number of carbonyl (C=O) groups is 2. The third-order valence-electron chi connectivity index (χ3n) is 7.23. The van der Waals surface area contributed by atoms with E-state index >= 15 is 0 Å². The van der Waals surface area contributed by atoms with Crippen LogP contribution in [-0.4, -0.2) is 67.8 Å². The molecule has 2 unspecified atom stereocenters. The highest BCUT2D eigenvalue weighted by Crippen LogP contribution is 2.37. The molecule has 12 heteroatoms. The van der Waals surface area contributed by atoms with Crippen molar-refractivity contribution >= 4 is 21.8 Å². The first kappa shape index (κ1) is 32.3. The number of hydrogen-bond acceptors (Lipinski definition) is 8. The van der Waals surface area contributed by atoms with Gasteiger partial charge in [0.25, 0.3) is 0 Å². The third kappa shape index (κ3) is 8.70. The highest BCUT2D eigenvalue weighted by molar-refractivity contribution is 7.89. The van der Waals surface area contributed by atoms with Crippen LogP contribution in [0.4, 0.5) is 0 Å². The number of nitrogens with zero attached hydrogens (tertiary/aromatic N) is 1. The Morgan fingerprint density at radius 1 is 1.16 bits per heavy atom. The molecule has 2 aromatic carbocycles. The standard InChI is InChI=1S/C31H40N4O7S/c1-23(2)21-35(43(39,40)25-13-14-27-28(19-25)42-22-41-27)31(38,20-24-9-4-3-5-10-24)15-18-33-29(36)12-6-7-16-34-30(37)26-11-8-17-32-26/h3-5,9-10,13-14,19,23,26,32,38H,6,8,11-12,15,17-18,20-22H2,1-2H3,(H,33,36)(H,34,37). The third-order valence-corrected chi connectivity index (χ3v) is 9.15. The van der Waals surface area contributed by atoms with Crippen LogP contribution in [0.1, 0.15) is 51.5 Å². The first-order chi connectivity index (χ1) is 20.6. The first-order valence-electron chi connectivity index (χ1n) is 14.5. The molecule has 1 saturated heterocycles. The maximum atomic E-state index is 14.1. The van der Waals surface area contributed by atoms with Crippen LogP contribution in [0, 0.1) is 17.9 Å². The molecule has 232 valence electrons. The van der Waals surface area contributed by atoms with Crippen molar-refractivity contribution in [3.8, 4) is 23.5 Å². The number of rotatable bonds is 13. The SMILES string of the molecule is CC(C)CN(C(O)(CCNC(=O)CCC#CNC(=O)C1CCCN1)Cc1ccccc1)S(=O)(=O)c1ccc2c(c1)OCO2. The normalized spacial score (nSPS) is 17.3. The summed E-state index contributed by atoms with van der Waals surface area (Å²) >= 11 is 0.